The van der Waals surface area contributed by atoms with Crippen LogP contribution in [0.5, 0.6) is 5.75 Å². The maximum atomic E-state index is 13.9. The molecule has 0 unspecified atom stereocenters. The summed E-state index contributed by atoms with van der Waals surface area (Å²) in [4.78, 5) is 16.2. The van der Waals surface area contributed by atoms with E-state index in [1.54, 1.807) is 17.5 Å². The average molecular weight is 432 g/mol. The van der Waals surface area contributed by atoms with E-state index in [9.17, 15) is 13.6 Å². The molecule has 158 valence electrons. The van der Waals surface area contributed by atoms with E-state index in [1.807, 2.05) is 36.5 Å². The third-order valence-electron chi connectivity index (χ3n) is 4.49. The summed E-state index contributed by atoms with van der Waals surface area (Å²) in [5.41, 5.74) is 1.06. The molecule has 0 spiro atoms. The number of aromatic nitrogens is 1. The Bertz CT molecular complexity index is 989. The number of rotatable bonds is 11. The predicted molar refractivity (Wildman–Crippen MR) is 115 cm³/mol. The zero-order valence-electron chi connectivity index (χ0n) is 16.5. The Labute approximate surface area is 178 Å². The molecule has 2 aromatic heterocycles. The molecule has 3 aromatic rings. The number of benzene rings is 1. The number of hydrogen-bond acceptors (Lipinski definition) is 5. The first kappa shape index (κ1) is 21.9. The van der Waals surface area contributed by atoms with Gasteiger partial charge in [-0.05, 0) is 48.6 Å². The van der Waals surface area contributed by atoms with Crippen LogP contribution in [0.3, 0.4) is 0 Å². The van der Waals surface area contributed by atoms with Gasteiger partial charge < -0.3 is 9.47 Å². The molecule has 0 saturated carbocycles. The number of nitrogens with zero attached hydrogens (tertiary/aromatic N) is 1. The fraction of sp³-hybridized carbons (Fsp3) is 0.304. The molecule has 0 aliphatic heterocycles. The standard InChI is InChI=1S/C23H23F2NO3S/c1-2-22(27)29-13-5-10-23(24,25)9-4-12-28-19-8-7-17-14-20(30-21(17)15-19)18-6-3-11-26-16-18/h2-3,6-8,11,14-16H,1,4-5,9-10,12-13H2. The van der Waals surface area contributed by atoms with Crippen LogP contribution in [0.1, 0.15) is 25.7 Å². The van der Waals surface area contributed by atoms with Gasteiger partial charge in [0.25, 0.3) is 0 Å². The van der Waals surface area contributed by atoms with Crippen LogP contribution >= 0.6 is 11.3 Å². The third kappa shape index (κ3) is 6.35. The molecule has 0 radical (unpaired) electrons. The Hall–Kier alpha value is -2.80. The number of hydrogen-bond donors (Lipinski definition) is 0. The molecule has 4 nitrogen and oxygen atoms in total. The molecular weight excluding hydrogens is 408 g/mol. The number of carbonyl (C=O) groups excluding carboxylic acids is 1. The predicted octanol–water partition coefficient (Wildman–Crippen LogP) is 6.27. The van der Waals surface area contributed by atoms with Crippen LogP contribution in [0.25, 0.3) is 20.5 Å². The van der Waals surface area contributed by atoms with Gasteiger partial charge >= 0.3 is 5.97 Å². The number of pyridine rings is 1. The number of thiophene rings is 1. The molecule has 0 bridgehead atoms. The van der Waals surface area contributed by atoms with Gasteiger partial charge in [-0.1, -0.05) is 12.6 Å². The maximum absolute atomic E-state index is 13.9. The van der Waals surface area contributed by atoms with Crippen molar-refractivity contribution < 1.29 is 23.0 Å². The lowest BCUT2D eigenvalue weighted by molar-refractivity contribution is -0.138. The quantitative estimate of drug-likeness (QED) is 0.204. The molecule has 0 N–H and O–H groups in total. The highest BCUT2D eigenvalue weighted by Crippen LogP contribution is 2.35. The number of ether oxygens (including phenoxy) is 2. The summed E-state index contributed by atoms with van der Waals surface area (Å²) >= 11 is 1.64. The van der Waals surface area contributed by atoms with Crippen molar-refractivity contribution in [1.29, 1.82) is 0 Å². The van der Waals surface area contributed by atoms with Crippen molar-refractivity contribution >= 4 is 27.4 Å². The van der Waals surface area contributed by atoms with E-state index in [0.717, 1.165) is 26.6 Å². The second-order valence-corrected chi connectivity index (χ2v) is 7.92. The van der Waals surface area contributed by atoms with Crippen LogP contribution in [-0.2, 0) is 9.53 Å². The molecule has 7 heteroatoms. The van der Waals surface area contributed by atoms with Crippen molar-refractivity contribution in [2.75, 3.05) is 13.2 Å². The minimum absolute atomic E-state index is 0.0290. The Morgan fingerprint density at radius 3 is 2.70 bits per heavy atom. The van der Waals surface area contributed by atoms with Gasteiger partial charge in [0, 0.05) is 46.5 Å². The van der Waals surface area contributed by atoms with Crippen LogP contribution in [0, 0.1) is 0 Å². The van der Waals surface area contributed by atoms with Crippen molar-refractivity contribution in [3.63, 3.8) is 0 Å². The van der Waals surface area contributed by atoms with Crippen molar-refractivity contribution in [3.8, 4) is 16.2 Å². The lowest BCUT2D eigenvalue weighted by Crippen LogP contribution is -2.18. The summed E-state index contributed by atoms with van der Waals surface area (Å²) in [5, 5.41) is 1.11. The number of alkyl halides is 2. The monoisotopic (exact) mass is 431 g/mol. The summed E-state index contributed by atoms with van der Waals surface area (Å²) < 4.78 is 39.3. The molecule has 0 fully saturated rings. The van der Waals surface area contributed by atoms with E-state index < -0.39 is 11.9 Å². The van der Waals surface area contributed by atoms with E-state index in [2.05, 4.69) is 17.6 Å². The summed E-state index contributed by atoms with van der Waals surface area (Å²) in [6.45, 7) is 3.44. The number of halogens is 2. The molecule has 0 atom stereocenters. The third-order valence-corrected chi connectivity index (χ3v) is 5.64. The average Bonchev–Trinajstić information content (AvgIpc) is 3.18. The zero-order chi connectivity index (χ0) is 21.4. The van der Waals surface area contributed by atoms with Crippen LogP contribution in [0.4, 0.5) is 8.78 Å². The summed E-state index contributed by atoms with van der Waals surface area (Å²) in [7, 11) is 0. The van der Waals surface area contributed by atoms with E-state index in [0.29, 0.717) is 5.75 Å². The first-order valence-corrected chi connectivity index (χ1v) is 10.5. The minimum atomic E-state index is -2.81. The smallest absolute Gasteiger partial charge is 0.330 e. The van der Waals surface area contributed by atoms with E-state index in [1.165, 1.54) is 0 Å². The maximum Gasteiger partial charge on any atom is 0.330 e. The Balaban J connectivity index is 1.45. The fourth-order valence-electron chi connectivity index (χ4n) is 2.96. The number of fused-ring (bicyclic) bond motifs is 1. The Morgan fingerprint density at radius 1 is 1.17 bits per heavy atom. The van der Waals surface area contributed by atoms with E-state index >= 15 is 0 Å². The van der Waals surface area contributed by atoms with Crippen molar-refractivity contribution in [2.24, 2.45) is 0 Å². The fourth-order valence-corrected chi connectivity index (χ4v) is 4.04. The molecule has 3 rings (SSSR count). The van der Waals surface area contributed by atoms with E-state index in [-0.39, 0.29) is 38.9 Å². The van der Waals surface area contributed by atoms with Crippen LogP contribution in [-0.4, -0.2) is 30.1 Å². The molecule has 0 aliphatic rings. The second kappa shape index (κ2) is 10.3. The van der Waals surface area contributed by atoms with Crippen molar-refractivity contribution in [3.05, 3.63) is 61.4 Å². The first-order valence-electron chi connectivity index (χ1n) is 9.71. The van der Waals surface area contributed by atoms with Gasteiger partial charge in [0.15, 0.2) is 0 Å². The second-order valence-electron chi connectivity index (χ2n) is 6.84. The van der Waals surface area contributed by atoms with Crippen molar-refractivity contribution in [2.45, 2.75) is 31.6 Å². The lowest BCUT2D eigenvalue weighted by Gasteiger charge is -2.16. The molecule has 0 aliphatic carbocycles. The molecule has 1 aromatic carbocycles. The number of esters is 1. The largest absolute Gasteiger partial charge is 0.494 e. The Kier molecular flexibility index (Phi) is 7.52. The van der Waals surface area contributed by atoms with Gasteiger partial charge in [-0.2, -0.15) is 0 Å². The highest BCUT2D eigenvalue weighted by Gasteiger charge is 2.27. The molecular formula is C23H23F2NO3S. The van der Waals surface area contributed by atoms with Gasteiger partial charge in [-0.25, -0.2) is 13.6 Å². The van der Waals surface area contributed by atoms with Gasteiger partial charge in [0.05, 0.1) is 13.2 Å². The molecule has 0 saturated heterocycles. The normalized spacial score (nSPS) is 11.4. The molecule has 0 amide bonds. The van der Waals surface area contributed by atoms with Crippen LogP contribution < -0.4 is 4.74 Å². The topological polar surface area (TPSA) is 48.4 Å². The van der Waals surface area contributed by atoms with Gasteiger partial charge in [-0.3, -0.25) is 4.98 Å². The highest BCUT2D eigenvalue weighted by molar-refractivity contribution is 7.22. The van der Waals surface area contributed by atoms with Gasteiger partial charge in [0.1, 0.15) is 5.75 Å². The number of carbonyl (C=O) groups is 1. The summed E-state index contributed by atoms with van der Waals surface area (Å²) in [6.07, 6.45) is 4.34. The molecule has 30 heavy (non-hydrogen) atoms. The highest BCUT2D eigenvalue weighted by atomic mass is 32.1. The lowest BCUT2D eigenvalue weighted by atomic mass is 10.1. The first-order chi connectivity index (χ1) is 14.5. The van der Waals surface area contributed by atoms with Crippen molar-refractivity contribution in [1.82, 2.24) is 4.98 Å². The zero-order valence-corrected chi connectivity index (χ0v) is 17.3. The summed E-state index contributed by atoms with van der Waals surface area (Å²) in [6, 6.07) is 11.8. The van der Waals surface area contributed by atoms with Gasteiger partial charge in [-0.15, -0.1) is 11.3 Å². The molecule has 2 heterocycles. The Morgan fingerprint density at radius 2 is 1.97 bits per heavy atom. The summed E-state index contributed by atoms with van der Waals surface area (Å²) in [5.74, 6) is -2.73. The SMILES string of the molecule is C=CC(=O)OCCCC(F)(F)CCCOc1ccc2cc(-c3cccnc3)sc2c1. The minimum Gasteiger partial charge on any atom is -0.494 e. The van der Waals surface area contributed by atoms with E-state index in [4.69, 9.17) is 9.47 Å². The van der Waals surface area contributed by atoms with Crippen LogP contribution in [0.15, 0.2) is 61.4 Å². The van der Waals surface area contributed by atoms with Crippen LogP contribution in [0.2, 0.25) is 0 Å². The van der Waals surface area contributed by atoms with Gasteiger partial charge in [0.2, 0.25) is 5.92 Å².